The highest BCUT2D eigenvalue weighted by Crippen LogP contribution is 2.22. The van der Waals surface area contributed by atoms with Gasteiger partial charge in [-0.1, -0.05) is 0 Å². The molecule has 1 amide bonds. The Hall–Kier alpha value is -3.76. The maximum absolute atomic E-state index is 13.8. The van der Waals surface area contributed by atoms with Crippen LogP contribution in [0, 0.1) is 40.3 Å². The van der Waals surface area contributed by atoms with Crippen LogP contribution in [0.1, 0.15) is 21.5 Å². The van der Waals surface area contributed by atoms with Crippen molar-refractivity contribution in [1.82, 2.24) is 9.78 Å². The Bertz CT molecular complexity index is 1130. The topological polar surface area (TPSA) is 90.1 Å². The highest BCUT2D eigenvalue weighted by Gasteiger charge is 2.20. The summed E-state index contributed by atoms with van der Waals surface area (Å²) in [5.41, 5.74) is -0.253. The van der Waals surface area contributed by atoms with E-state index >= 15 is 0 Å². The Kier molecular flexibility index (Phi) is 5.31. The fourth-order valence-corrected chi connectivity index (χ4v) is 2.63. The van der Waals surface area contributed by atoms with E-state index in [2.05, 4.69) is 10.4 Å². The van der Waals surface area contributed by atoms with Crippen LogP contribution in [0.5, 0.6) is 0 Å². The van der Waals surface area contributed by atoms with Gasteiger partial charge in [0.2, 0.25) is 0 Å². The Balaban J connectivity index is 1.76. The molecule has 0 radical (unpaired) electrons. The third kappa shape index (κ3) is 4.08. The number of aryl methyl sites for hydroxylation is 1. The maximum Gasteiger partial charge on any atom is 0.272 e. The van der Waals surface area contributed by atoms with Crippen LogP contribution in [-0.4, -0.2) is 20.6 Å². The second-order valence-electron chi connectivity index (χ2n) is 6.09. The van der Waals surface area contributed by atoms with Crippen molar-refractivity contribution in [3.63, 3.8) is 0 Å². The van der Waals surface area contributed by atoms with Crippen molar-refractivity contribution >= 4 is 17.3 Å². The number of nitro groups is 1. The molecule has 0 unspecified atom stereocenters. The first-order valence-electron chi connectivity index (χ1n) is 8.08. The molecule has 0 atom stereocenters. The molecule has 7 nitrogen and oxygen atoms in total. The average molecular weight is 408 g/mol. The quantitative estimate of drug-likeness (QED) is 0.228. The van der Waals surface area contributed by atoms with Crippen molar-refractivity contribution in [2.45, 2.75) is 13.5 Å². The number of rotatable bonds is 5. The molecule has 1 heterocycles. The third-order valence-electron chi connectivity index (χ3n) is 4.08. The number of nitrogens with zero attached hydrogens (tertiary/aromatic N) is 3. The van der Waals surface area contributed by atoms with E-state index in [1.54, 1.807) is 0 Å². The van der Waals surface area contributed by atoms with Crippen molar-refractivity contribution < 1.29 is 27.3 Å². The van der Waals surface area contributed by atoms with E-state index in [1.807, 2.05) is 0 Å². The molecule has 1 aromatic heterocycles. The van der Waals surface area contributed by atoms with Crippen LogP contribution < -0.4 is 5.32 Å². The Morgan fingerprint density at radius 2 is 1.90 bits per heavy atom. The summed E-state index contributed by atoms with van der Waals surface area (Å²) in [7, 11) is 0. The first-order valence-corrected chi connectivity index (χ1v) is 8.08. The maximum atomic E-state index is 13.8. The lowest BCUT2D eigenvalue weighted by molar-refractivity contribution is -0.385. The Labute approximate surface area is 160 Å². The van der Waals surface area contributed by atoms with E-state index in [9.17, 15) is 32.5 Å². The minimum atomic E-state index is -1.80. The monoisotopic (exact) mass is 408 g/mol. The van der Waals surface area contributed by atoms with Crippen LogP contribution in [0.25, 0.3) is 0 Å². The molecule has 1 N–H and O–H groups in total. The highest BCUT2D eigenvalue weighted by atomic mass is 19.2. The molecule has 29 heavy (non-hydrogen) atoms. The average Bonchev–Trinajstić information content (AvgIpc) is 3.10. The zero-order chi connectivity index (χ0) is 21.3. The van der Waals surface area contributed by atoms with E-state index in [0.717, 1.165) is 4.68 Å². The van der Waals surface area contributed by atoms with Crippen molar-refractivity contribution in [3.8, 4) is 0 Å². The molecule has 0 saturated heterocycles. The van der Waals surface area contributed by atoms with Gasteiger partial charge in [0, 0.05) is 35.0 Å². The van der Waals surface area contributed by atoms with Crippen LogP contribution in [0.3, 0.4) is 0 Å². The number of hydrogen-bond donors (Lipinski definition) is 1. The van der Waals surface area contributed by atoms with Gasteiger partial charge in [-0.15, -0.1) is 0 Å². The van der Waals surface area contributed by atoms with Gasteiger partial charge in [0.1, 0.15) is 5.82 Å². The van der Waals surface area contributed by atoms with E-state index < -0.39 is 46.2 Å². The van der Waals surface area contributed by atoms with Gasteiger partial charge in [-0.3, -0.25) is 19.6 Å². The molecular weight excluding hydrogens is 396 g/mol. The minimum absolute atomic E-state index is 0.134. The van der Waals surface area contributed by atoms with Crippen LogP contribution in [0.15, 0.2) is 36.7 Å². The van der Waals surface area contributed by atoms with Gasteiger partial charge >= 0.3 is 0 Å². The number of aromatic nitrogens is 2. The lowest BCUT2D eigenvalue weighted by Gasteiger charge is -2.07. The summed E-state index contributed by atoms with van der Waals surface area (Å²) in [5.74, 6) is -6.97. The fraction of sp³-hybridized carbons (Fsp3) is 0.111. The largest absolute Gasteiger partial charge is 0.319 e. The minimum Gasteiger partial charge on any atom is -0.319 e. The van der Waals surface area contributed by atoms with Gasteiger partial charge in [-0.05, 0) is 19.1 Å². The van der Waals surface area contributed by atoms with Crippen molar-refractivity contribution in [2.75, 3.05) is 5.32 Å². The van der Waals surface area contributed by atoms with Gasteiger partial charge in [-0.2, -0.15) is 5.10 Å². The molecule has 0 aliphatic heterocycles. The summed E-state index contributed by atoms with van der Waals surface area (Å²) in [6.07, 6.45) is 2.42. The molecule has 0 spiro atoms. The first kappa shape index (κ1) is 20.0. The molecule has 150 valence electrons. The zero-order valence-electron chi connectivity index (χ0n) is 14.7. The third-order valence-corrected chi connectivity index (χ3v) is 4.08. The number of anilines is 1. The Morgan fingerprint density at radius 3 is 2.55 bits per heavy atom. The van der Waals surface area contributed by atoms with E-state index in [-0.39, 0.29) is 23.0 Å². The molecule has 11 heteroatoms. The molecule has 0 fully saturated rings. The lowest BCUT2D eigenvalue weighted by Crippen LogP contribution is -2.12. The van der Waals surface area contributed by atoms with E-state index in [0.29, 0.717) is 5.56 Å². The lowest BCUT2D eigenvalue weighted by atomic mass is 10.1. The second kappa shape index (κ2) is 7.70. The van der Waals surface area contributed by atoms with E-state index in [4.69, 9.17) is 0 Å². The molecule has 0 saturated carbocycles. The highest BCUT2D eigenvalue weighted by molar-refractivity contribution is 6.04. The van der Waals surface area contributed by atoms with Crippen LogP contribution in [0.2, 0.25) is 0 Å². The summed E-state index contributed by atoms with van der Waals surface area (Å²) in [6.45, 7) is 0.944. The molecule has 3 aromatic rings. The van der Waals surface area contributed by atoms with Gasteiger partial charge in [0.15, 0.2) is 17.5 Å². The van der Waals surface area contributed by atoms with Crippen molar-refractivity contribution in [1.29, 1.82) is 0 Å². The second-order valence-corrected chi connectivity index (χ2v) is 6.09. The number of hydrogen-bond acceptors (Lipinski definition) is 4. The SMILES string of the molecule is Cc1cc(C(=O)Nc2cnn(Cc3c(F)cc(F)c(F)c3F)c2)ccc1[N+](=O)[O-]. The predicted molar refractivity (Wildman–Crippen MR) is 93.4 cm³/mol. The smallest absolute Gasteiger partial charge is 0.272 e. The molecule has 0 bridgehead atoms. The number of nitrogens with one attached hydrogen (secondary N) is 1. The molecule has 2 aromatic carbocycles. The normalized spacial score (nSPS) is 10.8. The van der Waals surface area contributed by atoms with Crippen LogP contribution >= 0.6 is 0 Å². The fourth-order valence-electron chi connectivity index (χ4n) is 2.63. The molecule has 0 aliphatic carbocycles. The number of halogens is 4. The van der Waals surface area contributed by atoms with Crippen molar-refractivity contribution in [3.05, 3.63) is 86.7 Å². The summed E-state index contributed by atoms with van der Waals surface area (Å²) in [4.78, 5) is 22.5. The number of nitro benzene ring substituents is 1. The van der Waals surface area contributed by atoms with E-state index in [1.165, 1.54) is 37.5 Å². The standard InChI is InChI=1S/C18H12F4N4O3/c1-9-4-10(2-3-15(9)26(28)29)18(27)24-11-6-23-25(7-11)8-12-13(19)5-14(20)17(22)16(12)21/h2-7H,8H2,1H3,(H,24,27). The van der Waals surface area contributed by atoms with Crippen molar-refractivity contribution in [2.24, 2.45) is 0 Å². The van der Waals surface area contributed by atoms with Gasteiger partial charge in [0.25, 0.3) is 11.6 Å². The Morgan fingerprint density at radius 1 is 1.17 bits per heavy atom. The summed E-state index contributed by atoms with van der Waals surface area (Å²) >= 11 is 0. The van der Waals surface area contributed by atoms with Gasteiger partial charge in [0.05, 0.1) is 23.4 Å². The number of benzene rings is 2. The molecular formula is C18H12F4N4O3. The zero-order valence-corrected chi connectivity index (χ0v) is 14.7. The summed E-state index contributed by atoms with van der Waals surface area (Å²) in [5, 5.41) is 17.1. The van der Waals surface area contributed by atoms with Crippen LogP contribution in [0.4, 0.5) is 28.9 Å². The number of carbonyl (C=O) groups excluding carboxylic acids is 1. The summed E-state index contributed by atoms with van der Waals surface area (Å²) in [6, 6.07) is 4.04. The number of amides is 1. The van der Waals surface area contributed by atoms with Crippen LogP contribution in [-0.2, 0) is 6.54 Å². The summed E-state index contributed by atoms with van der Waals surface area (Å²) < 4.78 is 54.8. The number of carbonyl (C=O) groups is 1. The van der Waals surface area contributed by atoms with Gasteiger partial charge < -0.3 is 5.32 Å². The molecule has 3 rings (SSSR count). The predicted octanol–water partition coefficient (Wildman–Crippen LogP) is 3.96. The molecule has 0 aliphatic rings. The first-order chi connectivity index (χ1) is 13.7. The van der Waals surface area contributed by atoms with Gasteiger partial charge in [-0.25, -0.2) is 17.6 Å².